The van der Waals surface area contributed by atoms with Crippen molar-refractivity contribution in [3.63, 3.8) is 0 Å². The van der Waals surface area contributed by atoms with Crippen LogP contribution in [0.5, 0.6) is 0 Å². The smallest absolute Gasteiger partial charge is 0.265 e. The van der Waals surface area contributed by atoms with Crippen molar-refractivity contribution in [3.8, 4) is 0 Å². The molecule has 0 amide bonds. The van der Waals surface area contributed by atoms with Crippen molar-refractivity contribution in [1.82, 2.24) is 0 Å². The number of hydrogen-bond acceptors (Lipinski definition) is 9. The molecule has 0 saturated carbocycles. The summed E-state index contributed by atoms with van der Waals surface area (Å²) in [5.41, 5.74) is -0.505. The van der Waals surface area contributed by atoms with E-state index < -0.39 is 55.8 Å². The zero-order chi connectivity index (χ0) is 16.4. The number of carboxylic acids is 2. The van der Waals surface area contributed by atoms with Gasteiger partial charge in [0.05, 0.1) is 5.97 Å². The van der Waals surface area contributed by atoms with Gasteiger partial charge in [0, 0.05) is 6.42 Å². The molecule has 0 bridgehead atoms. The molecule has 0 radical (unpaired) electrons. The van der Waals surface area contributed by atoms with E-state index in [1.807, 2.05) is 0 Å². The van der Waals surface area contributed by atoms with E-state index in [-0.39, 0.29) is 0 Å². The number of carboxylic acid groups (broad SMARTS) is 2. The Morgan fingerprint density at radius 1 is 1.43 bits per heavy atom. The number of aliphatic hydroxyl groups excluding tert-OH is 1. The number of hydrogen-bond donors (Lipinski definition) is 2. The number of carbonyl (C=O) groups is 2. The van der Waals surface area contributed by atoms with E-state index in [4.69, 9.17) is 9.63 Å². The molecule has 1 aliphatic rings. The molecule has 4 atom stereocenters. The lowest BCUT2D eigenvalue weighted by Crippen LogP contribution is -2.46. The van der Waals surface area contributed by atoms with Crippen molar-refractivity contribution in [2.24, 2.45) is 0 Å². The van der Waals surface area contributed by atoms with Crippen LogP contribution in [0.25, 0.3) is 0 Å². The molecular formula is C10H10O10P-3. The Hall–Kier alpha value is -1.71. The van der Waals surface area contributed by atoms with Gasteiger partial charge in [-0.25, -0.2) is 0 Å². The van der Waals surface area contributed by atoms with Crippen LogP contribution >= 0.6 is 7.82 Å². The minimum atomic E-state index is -5.28. The fourth-order valence-corrected chi connectivity index (χ4v) is 2.15. The fourth-order valence-electron chi connectivity index (χ4n) is 1.65. The molecule has 0 spiro atoms. The van der Waals surface area contributed by atoms with Gasteiger partial charge in [-0.05, 0) is 11.6 Å². The molecule has 0 fully saturated rings. The second-order valence-electron chi connectivity index (χ2n) is 4.08. The summed E-state index contributed by atoms with van der Waals surface area (Å²) in [6.07, 6.45) is -4.85. The van der Waals surface area contributed by atoms with E-state index in [0.717, 1.165) is 0 Å². The minimum absolute atomic E-state index is 0.496. The summed E-state index contributed by atoms with van der Waals surface area (Å²) in [5, 5.41) is 31.1. The highest BCUT2D eigenvalue weighted by Crippen LogP contribution is 2.37. The van der Waals surface area contributed by atoms with Crippen LogP contribution in [0.4, 0.5) is 0 Å². The molecular weight excluding hydrogens is 311 g/mol. The third kappa shape index (κ3) is 4.96. The Balaban J connectivity index is 3.00. The molecule has 0 saturated heterocycles. The van der Waals surface area contributed by atoms with Crippen LogP contribution in [-0.2, 0) is 23.4 Å². The van der Waals surface area contributed by atoms with Crippen LogP contribution in [0, 0.1) is 0 Å². The van der Waals surface area contributed by atoms with Gasteiger partial charge in [0.25, 0.3) is 7.82 Å². The van der Waals surface area contributed by atoms with Crippen molar-refractivity contribution in [2.45, 2.75) is 24.7 Å². The van der Waals surface area contributed by atoms with E-state index in [1.165, 1.54) is 0 Å². The van der Waals surface area contributed by atoms with Gasteiger partial charge < -0.3 is 44.0 Å². The summed E-state index contributed by atoms with van der Waals surface area (Å²) >= 11 is 0. The maximum absolute atomic E-state index is 10.8. The Bertz CT molecular complexity index is 532. The maximum Gasteiger partial charge on any atom is 0.265 e. The topological polar surface area (TPSA) is 179 Å². The summed E-state index contributed by atoms with van der Waals surface area (Å²) in [4.78, 5) is 40.5. The summed E-state index contributed by atoms with van der Waals surface area (Å²) in [6.45, 7) is 2.97. The molecule has 1 rings (SSSR count). The highest BCUT2D eigenvalue weighted by atomic mass is 31.2. The lowest BCUT2D eigenvalue weighted by atomic mass is 9.92. The van der Waals surface area contributed by atoms with Gasteiger partial charge in [-0.15, -0.1) is 0 Å². The number of carbonyl (C=O) groups excluding carboxylic acids is 2. The zero-order valence-electron chi connectivity index (χ0n) is 10.3. The van der Waals surface area contributed by atoms with Gasteiger partial charge in [-0.3, -0.25) is 4.57 Å². The second-order valence-corrected chi connectivity index (χ2v) is 5.23. The van der Waals surface area contributed by atoms with E-state index in [2.05, 4.69) is 11.1 Å². The quantitative estimate of drug-likeness (QED) is 0.277. The second kappa shape index (κ2) is 6.37. The number of aliphatic carboxylic acids is 2. The van der Waals surface area contributed by atoms with Gasteiger partial charge in [0.2, 0.25) is 0 Å². The van der Waals surface area contributed by atoms with Crippen molar-refractivity contribution >= 4 is 19.8 Å². The average Bonchev–Trinajstić information content (AvgIpc) is 2.31. The molecule has 1 unspecified atom stereocenters. The highest BCUT2D eigenvalue weighted by Gasteiger charge is 2.36. The summed E-state index contributed by atoms with van der Waals surface area (Å²) in [6, 6.07) is 0. The van der Waals surface area contributed by atoms with Crippen molar-refractivity contribution in [2.75, 3.05) is 0 Å². The molecule has 21 heavy (non-hydrogen) atoms. The van der Waals surface area contributed by atoms with Gasteiger partial charge in [0.15, 0.2) is 0 Å². The lowest BCUT2D eigenvalue weighted by Gasteiger charge is -2.36. The maximum atomic E-state index is 10.8. The standard InChI is InChI=1S/C10H13O10P/c1-4(9(12)13)19-6-2-5(10(14)15)3-7(8(6)11)20-21(16,17)18/h3,6-8,11H,1-2H2,(H,12,13)(H,14,15)(H2,16,17,18)/p-3/t6-,7-,8+/m1/s1. The van der Waals surface area contributed by atoms with E-state index >= 15 is 0 Å². The van der Waals surface area contributed by atoms with Gasteiger partial charge in [-0.1, -0.05) is 6.58 Å². The number of phosphoric acid groups is 1. The zero-order valence-corrected chi connectivity index (χ0v) is 11.2. The van der Waals surface area contributed by atoms with Crippen LogP contribution in [0.2, 0.25) is 0 Å². The Morgan fingerprint density at radius 2 is 2.00 bits per heavy atom. The van der Waals surface area contributed by atoms with E-state index in [1.54, 1.807) is 0 Å². The molecule has 0 aromatic heterocycles. The first kappa shape index (κ1) is 17.3. The molecule has 0 aromatic carbocycles. The number of ether oxygens (including phenoxy) is 1. The van der Waals surface area contributed by atoms with Crippen molar-refractivity contribution < 1.29 is 48.5 Å². The van der Waals surface area contributed by atoms with Crippen LogP contribution in [0.1, 0.15) is 6.42 Å². The molecule has 0 aromatic rings. The van der Waals surface area contributed by atoms with Crippen molar-refractivity contribution in [3.05, 3.63) is 24.0 Å². The highest BCUT2D eigenvalue weighted by molar-refractivity contribution is 7.44. The molecule has 10 nitrogen and oxygen atoms in total. The third-order valence-corrected chi connectivity index (χ3v) is 3.05. The van der Waals surface area contributed by atoms with Gasteiger partial charge in [0.1, 0.15) is 30.0 Å². The number of phosphoric ester groups is 1. The average molecular weight is 321 g/mol. The Labute approximate surface area is 118 Å². The van der Waals surface area contributed by atoms with Crippen LogP contribution in [-0.4, -0.2) is 40.3 Å². The monoisotopic (exact) mass is 321 g/mol. The van der Waals surface area contributed by atoms with Gasteiger partial charge in [-0.2, -0.15) is 0 Å². The SMILES string of the molecule is C=C(O[C@@H]1CC(C(=O)[O-])=C[C@@H](OP(=O)([O-])O)[C@H]1O)C(=O)[O-]. The summed E-state index contributed by atoms with van der Waals surface area (Å²) in [5.74, 6) is -4.41. The summed E-state index contributed by atoms with van der Waals surface area (Å²) < 4.78 is 19.5. The summed E-state index contributed by atoms with van der Waals surface area (Å²) in [7, 11) is -5.28. The van der Waals surface area contributed by atoms with Gasteiger partial charge >= 0.3 is 0 Å². The molecule has 118 valence electrons. The molecule has 2 N–H and O–H groups in total. The van der Waals surface area contributed by atoms with Crippen LogP contribution in [0.15, 0.2) is 24.0 Å². The number of aliphatic hydroxyl groups is 1. The molecule has 11 heteroatoms. The van der Waals surface area contributed by atoms with Crippen molar-refractivity contribution in [1.29, 1.82) is 0 Å². The third-order valence-electron chi connectivity index (χ3n) is 2.54. The van der Waals surface area contributed by atoms with Crippen LogP contribution in [0.3, 0.4) is 0 Å². The molecule has 1 aliphatic carbocycles. The predicted octanol–water partition coefficient (Wildman–Crippen LogP) is -4.08. The van der Waals surface area contributed by atoms with Crippen LogP contribution < -0.4 is 15.1 Å². The number of rotatable bonds is 6. The largest absolute Gasteiger partial charge is 0.756 e. The Morgan fingerprint density at radius 3 is 2.43 bits per heavy atom. The molecule has 0 aliphatic heterocycles. The van der Waals surface area contributed by atoms with E-state index in [0.29, 0.717) is 6.08 Å². The minimum Gasteiger partial charge on any atom is -0.756 e. The van der Waals surface area contributed by atoms with E-state index in [9.17, 15) is 34.4 Å². The lowest BCUT2D eigenvalue weighted by molar-refractivity contribution is -0.304. The first-order chi connectivity index (χ1) is 9.51. The Kier molecular flexibility index (Phi) is 5.26. The molecule has 0 heterocycles. The predicted molar refractivity (Wildman–Crippen MR) is 57.4 cm³/mol. The first-order valence-electron chi connectivity index (χ1n) is 5.40. The normalized spacial score (nSPS) is 28.1. The fraction of sp³-hybridized carbons (Fsp3) is 0.400. The first-order valence-corrected chi connectivity index (χ1v) is 6.90.